The Balaban J connectivity index is 1.43. The second kappa shape index (κ2) is 6.08. The van der Waals surface area contributed by atoms with Gasteiger partial charge in [-0.2, -0.15) is 0 Å². The lowest BCUT2D eigenvalue weighted by Crippen LogP contribution is -2.53. The molecule has 1 atom stereocenters. The molecule has 3 heterocycles. The zero-order valence-corrected chi connectivity index (χ0v) is 13.2. The van der Waals surface area contributed by atoms with E-state index in [0.717, 1.165) is 31.0 Å². The predicted octanol–water partition coefficient (Wildman–Crippen LogP) is 2.79. The molecule has 1 N–H and O–H groups in total. The number of nitrogens with zero attached hydrogens (tertiary/aromatic N) is 3. The van der Waals surface area contributed by atoms with Gasteiger partial charge in [0.2, 0.25) is 0 Å². The molecule has 5 heteroatoms. The first-order chi connectivity index (χ1) is 11.3. The molecule has 0 saturated carbocycles. The number of nitrogens with one attached hydrogen (secondary N) is 1. The Kier molecular flexibility index (Phi) is 3.79. The Morgan fingerprint density at radius 2 is 1.96 bits per heavy atom. The van der Waals surface area contributed by atoms with E-state index < -0.39 is 0 Å². The van der Waals surface area contributed by atoms with Gasteiger partial charge in [-0.1, -0.05) is 6.07 Å². The Bertz CT molecular complexity index is 682. The first-order valence-corrected chi connectivity index (χ1v) is 8.33. The number of rotatable bonds is 2. The largest absolute Gasteiger partial charge is 0.324 e. The number of aromatic nitrogens is 1. The predicted molar refractivity (Wildman–Crippen MR) is 91.0 cm³/mol. The van der Waals surface area contributed by atoms with Crippen molar-refractivity contribution in [3.8, 4) is 5.69 Å². The highest BCUT2D eigenvalue weighted by Crippen LogP contribution is 2.22. The summed E-state index contributed by atoms with van der Waals surface area (Å²) in [6, 6.07) is 12.5. The van der Waals surface area contributed by atoms with Crippen molar-refractivity contribution in [2.24, 2.45) is 0 Å². The zero-order valence-electron chi connectivity index (χ0n) is 13.2. The monoisotopic (exact) mass is 310 g/mol. The minimum absolute atomic E-state index is 0.0150. The number of carbonyl (C=O) groups excluding carboxylic acids is 1. The smallest absolute Gasteiger partial charge is 0.321 e. The van der Waals surface area contributed by atoms with Gasteiger partial charge in [-0.3, -0.25) is 4.90 Å². The molecule has 2 saturated heterocycles. The van der Waals surface area contributed by atoms with Gasteiger partial charge in [-0.25, -0.2) is 4.79 Å². The molecule has 1 unspecified atom stereocenters. The van der Waals surface area contributed by atoms with Gasteiger partial charge in [0.1, 0.15) is 0 Å². The van der Waals surface area contributed by atoms with Crippen LogP contribution in [0.25, 0.3) is 5.69 Å². The van der Waals surface area contributed by atoms with E-state index >= 15 is 0 Å². The van der Waals surface area contributed by atoms with Crippen molar-refractivity contribution in [3.05, 3.63) is 48.8 Å². The first-order valence-electron chi connectivity index (χ1n) is 8.33. The van der Waals surface area contributed by atoms with Gasteiger partial charge in [-0.05, 0) is 49.7 Å². The second-order valence-electron chi connectivity index (χ2n) is 6.35. The van der Waals surface area contributed by atoms with E-state index in [0.29, 0.717) is 6.04 Å². The minimum Gasteiger partial charge on any atom is -0.324 e. The second-order valence-corrected chi connectivity index (χ2v) is 6.35. The lowest BCUT2D eigenvalue weighted by Gasteiger charge is -2.37. The molecule has 2 aliphatic rings. The summed E-state index contributed by atoms with van der Waals surface area (Å²) < 4.78 is 2.03. The van der Waals surface area contributed by atoms with Crippen LogP contribution in [0.4, 0.5) is 10.5 Å². The van der Waals surface area contributed by atoms with Gasteiger partial charge >= 0.3 is 6.03 Å². The topological polar surface area (TPSA) is 40.5 Å². The van der Waals surface area contributed by atoms with Crippen molar-refractivity contribution in [3.63, 3.8) is 0 Å². The molecule has 2 fully saturated rings. The molecular weight excluding hydrogens is 288 g/mol. The van der Waals surface area contributed by atoms with Crippen molar-refractivity contribution in [2.75, 3.05) is 31.5 Å². The molecule has 2 amide bonds. The average Bonchev–Trinajstić information content (AvgIpc) is 3.26. The molecule has 2 aromatic rings. The van der Waals surface area contributed by atoms with Crippen LogP contribution >= 0.6 is 0 Å². The number of amides is 2. The van der Waals surface area contributed by atoms with E-state index in [1.807, 2.05) is 58.3 Å². The summed E-state index contributed by atoms with van der Waals surface area (Å²) in [5.41, 5.74) is 1.89. The maximum atomic E-state index is 12.5. The molecule has 0 bridgehead atoms. The Morgan fingerprint density at radius 3 is 2.83 bits per heavy atom. The summed E-state index contributed by atoms with van der Waals surface area (Å²) in [4.78, 5) is 17.0. The van der Waals surface area contributed by atoms with E-state index in [-0.39, 0.29) is 6.03 Å². The number of carbonyl (C=O) groups is 1. The molecule has 1 aromatic heterocycles. The number of hydrogen-bond acceptors (Lipinski definition) is 2. The minimum atomic E-state index is 0.0150. The molecule has 0 spiro atoms. The summed E-state index contributed by atoms with van der Waals surface area (Å²) in [6.07, 6.45) is 6.48. The van der Waals surface area contributed by atoms with Crippen molar-refractivity contribution in [1.82, 2.24) is 14.4 Å². The normalized spacial score (nSPS) is 21.2. The van der Waals surface area contributed by atoms with Crippen LogP contribution in [0.5, 0.6) is 0 Å². The van der Waals surface area contributed by atoms with Gasteiger partial charge in [0.15, 0.2) is 0 Å². The Labute approximate surface area is 136 Å². The average molecular weight is 310 g/mol. The number of benzene rings is 1. The summed E-state index contributed by atoms with van der Waals surface area (Å²) in [6.45, 7) is 3.86. The van der Waals surface area contributed by atoms with Crippen molar-refractivity contribution < 1.29 is 4.79 Å². The van der Waals surface area contributed by atoms with E-state index in [4.69, 9.17) is 0 Å². The van der Waals surface area contributed by atoms with Crippen molar-refractivity contribution >= 4 is 11.7 Å². The summed E-state index contributed by atoms with van der Waals surface area (Å²) in [5, 5.41) is 3.05. The standard InChI is InChI=1S/C18H22N4O/c23-18(22-12-11-21-10-4-7-17(21)14-22)19-15-5-3-6-16(13-15)20-8-1-2-9-20/h1-3,5-6,8-9,13,17H,4,7,10-12,14H2,(H,19,23). The quantitative estimate of drug-likeness (QED) is 0.926. The number of fused-ring (bicyclic) bond motifs is 1. The Hall–Kier alpha value is -2.27. The Morgan fingerprint density at radius 1 is 1.09 bits per heavy atom. The van der Waals surface area contributed by atoms with Crippen LogP contribution in [0, 0.1) is 0 Å². The summed E-state index contributed by atoms with van der Waals surface area (Å²) >= 11 is 0. The van der Waals surface area contributed by atoms with Gasteiger partial charge in [0, 0.05) is 49.4 Å². The van der Waals surface area contributed by atoms with Gasteiger partial charge < -0.3 is 14.8 Å². The molecule has 1 aromatic carbocycles. The molecular formula is C18H22N4O. The maximum Gasteiger partial charge on any atom is 0.321 e. The fraction of sp³-hybridized carbons (Fsp3) is 0.389. The third-order valence-electron chi connectivity index (χ3n) is 4.87. The van der Waals surface area contributed by atoms with Crippen molar-refractivity contribution in [2.45, 2.75) is 18.9 Å². The molecule has 23 heavy (non-hydrogen) atoms. The number of urea groups is 1. The fourth-order valence-electron chi connectivity index (χ4n) is 3.63. The van der Waals surface area contributed by atoms with E-state index in [1.54, 1.807) is 0 Å². The molecule has 5 nitrogen and oxygen atoms in total. The highest BCUT2D eigenvalue weighted by molar-refractivity contribution is 5.89. The zero-order chi connectivity index (χ0) is 15.6. The first kappa shape index (κ1) is 14.3. The molecule has 0 aliphatic carbocycles. The number of piperazine rings is 1. The lowest BCUT2D eigenvalue weighted by atomic mass is 10.1. The fourth-order valence-corrected chi connectivity index (χ4v) is 3.63. The lowest BCUT2D eigenvalue weighted by molar-refractivity contribution is 0.124. The van der Waals surface area contributed by atoms with Gasteiger partial charge in [0.25, 0.3) is 0 Å². The molecule has 4 rings (SSSR count). The maximum absolute atomic E-state index is 12.5. The molecule has 120 valence electrons. The third kappa shape index (κ3) is 2.97. The van der Waals surface area contributed by atoms with Crippen molar-refractivity contribution in [1.29, 1.82) is 0 Å². The highest BCUT2D eigenvalue weighted by atomic mass is 16.2. The van der Waals surface area contributed by atoms with Crippen LogP contribution < -0.4 is 5.32 Å². The van der Waals surface area contributed by atoms with Crippen LogP contribution in [0.3, 0.4) is 0 Å². The summed E-state index contributed by atoms with van der Waals surface area (Å²) in [5.74, 6) is 0. The third-order valence-corrected chi connectivity index (χ3v) is 4.87. The molecule has 0 radical (unpaired) electrons. The summed E-state index contributed by atoms with van der Waals surface area (Å²) in [7, 11) is 0. The molecule has 2 aliphatic heterocycles. The van der Waals surface area contributed by atoms with Crippen LogP contribution in [0.1, 0.15) is 12.8 Å². The van der Waals surface area contributed by atoms with Crippen LogP contribution in [0.15, 0.2) is 48.8 Å². The van der Waals surface area contributed by atoms with E-state index in [2.05, 4.69) is 10.2 Å². The van der Waals surface area contributed by atoms with Crippen LogP contribution in [-0.2, 0) is 0 Å². The van der Waals surface area contributed by atoms with Crippen LogP contribution in [0.2, 0.25) is 0 Å². The van der Waals surface area contributed by atoms with Gasteiger partial charge in [-0.15, -0.1) is 0 Å². The van der Waals surface area contributed by atoms with Crippen LogP contribution in [-0.4, -0.2) is 52.6 Å². The number of anilines is 1. The SMILES string of the molecule is O=C(Nc1cccc(-n2cccc2)c1)N1CCN2CCCC2C1. The van der Waals surface area contributed by atoms with E-state index in [1.165, 1.54) is 19.4 Å². The van der Waals surface area contributed by atoms with E-state index in [9.17, 15) is 4.79 Å². The van der Waals surface area contributed by atoms with Gasteiger partial charge in [0.05, 0.1) is 0 Å². The number of hydrogen-bond donors (Lipinski definition) is 1. The highest BCUT2D eigenvalue weighted by Gasteiger charge is 2.32.